The number of aryl methyl sites for hydroxylation is 1. The standard InChI is InChI=1S/C15H22O2/c1-2-3-9-14(16)12-15(17)11-10-13-7-5-4-6-8-13/h4-8,15,17H,2-3,9-12H2,1H3. The molecule has 1 atom stereocenters. The van der Waals surface area contributed by atoms with E-state index in [0.717, 1.165) is 19.3 Å². The number of Topliss-reactive ketones (excluding diaryl/α,β-unsaturated/α-hetero) is 1. The Labute approximate surface area is 104 Å². The molecule has 0 fully saturated rings. The molecular formula is C15H22O2. The summed E-state index contributed by atoms with van der Waals surface area (Å²) in [6.07, 6.45) is 3.91. The van der Waals surface area contributed by atoms with Crippen molar-refractivity contribution in [2.24, 2.45) is 0 Å². The number of aliphatic hydroxyl groups is 1. The maximum absolute atomic E-state index is 11.5. The van der Waals surface area contributed by atoms with Gasteiger partial charge in [0.2, 0.25) is 0 Å². The first-order valence-electron chi connectivity index (χ1n) is 6.46. The fraction of sp³-hybridized carbons (Fsp3) is 0.533. The molecule has 1 aromatic rings. The van der Waals surface area contributed by atoms with Crippen molar-refractivity contribution in [2.75, 3.05) is 0 Å². The van der Waals surface area contributed by atoms with Crippen molar-refractivity contribution >= 4 is 5.78 Å². The van der Waals surface area contributed by atoms with Gasteiger partial charge in [0.1, 0.15) is 5.78 Å². The number of hydrogen-bond acceptors (Lipinski definition) is 2. The van der Waals surface area contributed by atoms with Gasteiger partial charge in [0.15, 0.2) is 0 Å². The van der Waals surface area contributed by atoms with Crippen molar-refractivity contribution < 1.29 is 9.90 Å². The number of aliphatic hydroxyl groups excluding tert-OH is 1. The molecule has 0 saturated carbocycles. The van der Waals surface area contributed by atoms with Crippen LogP contribution in [0.2, 0.25) is 0 Å². The smallest absolute Gasteiger partial charge is 0.135 e. The normalized spacial score (nSPS) is 12.4. The molecule has 0 spiro atoms. The first-order chi connectivity index (χ1) is 8.22. The lowest BCUT2D eigenvalue weighted by Crippen LogP contribution is -2.14. The van der Waals surface area contributed by atoms with Crippen LogP contribution in [-0.4, -0.2) is 17.0 Å². The predicted octanol–water partition coefficient (Wildman–Crippen LogP) is 3.13. The Morgan fingerprint density at radius 2 is 2.00 bits per heavy atom. The Morgan fingerprint density at radius 3 is 2.65 bits per heavy atom. The topological polar surface area (TPSA) is 37.3 Å². The molecule has 1 unspecified atom stereocenters. The average Bonchev–Trinajstić information content (AvgIpc) is 2.35. The van der Waals surface area contributed by atoms with Crippen LogP contribution >= 0.6 is 0 Å². The highest BCUT2D eigenvalue weighted by atomic mass is 16.3. The van der Waals surface area contributed by atoms with Crippen molar-refractivity contribution in [1.82, 2.24) is 0 Å². The molecule has 0 saturated heterocycles. The molecular weight excluding hydrogens is 212 g/mol. The Balaban J connectivity index is 2.21. The first kappa shape index (κ1) is 13.9. The van der Waals surface area contributed by atoms with Crippen LogP contribution in [0.15, 0.2) is 30.3 Å². The van der Waals surface area contributed by atoms with Gasteiger partial charge in [-0.1, -0.05) is 43.7 Å². The lowest BCUT2D eigenvalue weighted by Gasteiger charge is -2.09. The highest BCUT2D eigenvalue weighted by Crippen LogP contribution is 2.09. The van der Waals surface area contributed by atoms with Gasteiger partial charge in [-0.3, -0.25) is 4.79 Å². The average molecular weight is 234 g/mol. The minimum atomic E-state index is -0.487. The molecule has 2 heteroatoms. The third-order valence-electron chi connectivity index (χ3n) is 2.88. The molecule has 1 N–H and O–H groups in total. The number of carbonyl (C=O) groups excluding carboxylic acids is 1. The first-order valence-corrected chi connectivity index (χ1v) is 6.46. The van der Waals surface area contributed by atoms with Gasteiger partial charge in [0, 0.05) is 12.8 Å². The van der Waals surface area contributed by atoms with E-state index in [9.17, 15) is 9.90 Å². The molecule has 94 valence electrons. The molecule has 0 aromatic heterocycles. The van der Waals surface area contributed by atoms with E-state index in [1.54, 1.807) is 0 Å². The molecule has 1 rings (SSSR count). The zero-order chi connectivity index (χ0) is 12.5. The third kappa shape index (κ3) is 6.22. The molecule has 0 amide bonds. The molecule has 0 aliphatic rings. The van der Waals surface area contributed by atoms with E-state index in [2.05, 4.69) is 6.92 Å². The summed E-state index contributed by atoms with van der Waals surface area (Å²) in [5.74, 6) is 0.187. The minimum absolute atomic E-state index is 0.187. The van der Waals surface area contributed by atoms with Gasteiger partial charge in [0.25, 0.3) is 0 Å². The maximum atomic E-state index is 11.5. The van der Waals surface area contributed by atoms with Crippen LogP contribution in [0.4, 0.5) is 0 Å². The van der Waals surface area contributed by atoms with Crippen molar-refractivity contribution in [1.29, 1.82) is 0 Å². The van der Waals surface area contributed by atoms with Gasteiger partial charge in [-0.25, -0.2) is 0 Å². The number of ketones is 1. The summed E-state index contributed by atoms with van der Waals surface area (Å²) in [5, 5.41) is 9.76. The highest BCUT2D eigenvalue weighted by Gasteiger charge is 2.10. The van der Waals surface area contributed by atoms with E-state index in [-0.39, 0.29) is 5.78 Å². The van der Waals surface area contributed by atoms with Crippen LogP contribution in [0, 0.1) is 0 Å². The van der Waals surface area contributed by atoms with Crippen LogP contribution in [-0.2, 0) is 11.2 Å². The van der Waals surface area contributed by atoms with Crippen LogP contribution in [0.25, 0.3) is 0 Å². The number of hydrogen-bond donors (Lipinski definition) is 1. The molecule has 0 heterocycles. The summed E-state index contributed by atoms with van der Waals surface area (Å²) in [4.78, 5) is 11.5. The zero-order valence-corrected chi connectivity index (χ0v) is 10.6. The number of rotatable bonds is 8. The van der Waals surface area contributed by atoms with Gasteiger partial charge >= 0.3 is 0 Å². The van der Waals surface area contributed by atoms with E-state index in [4.69, 9.17) is 0 Å². The van der Waals surface area contributed by atoms with Gasteiger partial charge < -0.3 is 5.11 Å². The minimum Gasteiger partial charge on any atom is -0.393 e. The summed E-state index contributed by atoms with van der Waals surface area (Å²) >= 11 is 0. The Morgan fingerprint density at radius 1 is 1.29 bits per heavy atom. The lowest BCUT2D eigenvalue weighted by molar-refractivity contribution is -0.121. The SMILES string of the molecule is CCCCC(=O)CC(O)CCc1ccccc1. The Kier molecular flexibility index (Phi) is 6.56. The molecule has 17 heavy (non-hydrogen) atoms. The van der Waals surface area contributed by atoms with E-state index in [1.165, 1.54) is 5.56 Å². The summed E-state index contributed by atoms with van der Waals surface area (Å²) in [5.41, 5.74) is 1.22. The van der Waals surface area contributed by atoms with Gasteiger partial charge in [-0.2, -0.15) is 0 Å². The summed E-state index contributed by atoms with van der Waals surface area (Å²) in [6, 6.07) is 10.1. The second-order valence-corrected chi connectivity index (χ2v) is 4.52. The fourth-order valence-corrected chi connectivity index (χ4v) is 1.82. The molecule has 0 aliphatic heterocycles. The number of carbonyl (C=O) groups is 1. The molecule has 0 radical (unpaired) electrons. The van der Waals surface area contributed by atoms with Crippen molar-refractivity contribution in [3.63, 3.8) is 0 Å². The van der Waals surface area contributed by atoms with E-state index in [1.807, 2.05) is 30.3 Å². The number of benzene rings is 1. The second kappa shape index (κ2) is 8.02. The van der Waals surface area contributed by atoms with Gasteiger partial charge in [-0.15, -0.1) is 0 Å². The Bertz CT molecular complexity index is 319. The predicted molar refractivity (Wildman–Crippen MR) is 69.9 cm³/mol. The van der Waals surface area contributed by atoms with Crippen molar-refractivity contribution in [2.45, 2.75) is 51.6 Å². The molecule has 0 aliphatic carbocycles. The van der Waals surface area contributed by atoms with Crippen LogP contribution in [0.5, 0.6) is 0 Å². The highest BCUT2D eigenvalue weighted by molar-refractivity contribution is 5.78. The summed E-state index contributed by atoms with van der Waals surface area (Å²) < 4.78 is 0. The van der Waals surface area contributed by atoms with Crippen LogP contribution < -0.4 is 0 Å². The largest absolute Gasteiger partial charge is 0.393 e. The Hall–Kier alpha value is -1.15. The zero-order valence-electron chi connectivity index (χ0n) is 10.6. The molecule has 2 nitrogen and oxygen atoms in total. The van der Waals surface area contributed by atoms with Gasteiger partial charge in [0.05, 0.1) is 6.10 Å². The second-order valence-electron chi connectivity index (χ2n) is 4.52. The van der Waals surface area contributed by atoms with E-state index in [0.29, 0.717) is 19.3 Å². The molecule has 1 aromatic carbocycles. The monoisotopic (exact) mass is 234 g/mol. The van der Waals surface area contributed by atoms with Crippen molar-refractivity contribution in [3.05, 3.63) is 35.9 Å². The van der Waals surface area contributed by atoms with Gasteiger partial charge in [-0.05, 0) is 24.8 Å². The van der Waals surface area contributed by atoms with Crippen LogP contribution in [0.3, 0.4) is 0 Å². The third-order valence-corrected chi connectivity index (χ3v) is 2.88. The van der Waals surface area contributed by atoms with Crippen molar-refractivity contribution in [3.8, 4) is 0 Å². The summed E-state index contributed by atoms with van der Waals surface area (Å²) in [7, 11) is 0. The quantitative estimate of drug-likeness (QED) is 0.750. The summed E-state index contributed by atoms with van der Waals surface area (Å²) in [6.45, 7) is 2.07. The van der Waals surface area contributed by atoms with Crippen LogP contribution in [0.1, 0.15) is 44.6 Å². The molecule has 0 bridgehead atoms. The lowest BCUT2D eigenvalue weighted by atomic mass is 10.0. The maximum Gasteiger partial charge on any atom is 0.135 e. The number of unbranched alkanes of at least 4 members (excludes halogenated alkanes) is 1. The van der Waals surface area contributed by atoms with E-state index >= 15 is 0 Å². The fourth-order valence-electron chi connectivity index (χ4n) is 1.82. The van der Waals surface area contributed by atoms with E-state index < -0.39 is 6.10 Å².